The van der Waals surface area contributed by atoms with E-state index in [0.29, 0.717) is 6.54 Å². The van der Waals surface area contributed by atoms with Crippen molar-refractivity contribution in [3.63, 3.8) is 0 Å². The molecule has 0 aromatic heterocycles. The van der Waals surface area contributed by atoms with Gasteiger partial charge < -0.3 is 14.7 Å². The average molecular weight is 377 g/mol. The number of hydrogen-bond donors (Lipinski definition) is 0. The summed E-state index contributed by atoms with van der Waals surface area (Å²) < 4.78 is 0. The molecule has 0 atom stereocenters. The maximum absolute atomic E-state index is 13.0. The molecule has 1 saturated heterocycles. The van der Waals surface area contributed by atoms with E-state index in [1.165, 1.54) is 31.0 Å². The number of carbonyl (C=O) groups is 2. The van der Waals surface area contributed by atoms with Crippen LogP contribution in [0.3, 0.4) is 0 Å². The minimum Gasteiger partial charge on any atom is -0.372 e. The first-order valence-electron chi connectivity index (χ1n) is 10.1. The van der Waals surface area contributed by atoms with Gasteiger partial charge in [0.1, 0.15) is 6.54 Å². The third-order valence-electron chi connectivity index (χ3n) is 5.72. The summed E-state index contributed by atoms with van der Waals surface area (Å²) in [5, 5.41) is 0. The molecule has 4 rings (SSSR count). The largest absolute Gasteiger partial charge is 0.372 e. The van der Waals surface area contributed by atoms with Gasteiger partial charge in [-0.15, -0.1) is 0 Å². The molecule has 0 aliphatic carbocycles. The van der Waals surface area contributed by atoms with Crippen molar-refractivity contribution in [3.8, 4) is 0 Å². The fraction of sp³-hybridized carbons (Fsp3) is 0.391. The summed E-state index contributed by atoms with van der Waals surface area (Å²) in [4.78, 5) is 31.1. The van der Waals surface area contributed by atoms with Gasteiger partial charge in [-0.3, -0.25) is 9.59 Å². The Kier molecular flexibility index (Phi) is 5.33. The van der Waals surface area contributed by atoms with Crippen LogP contribution in [0.15, 0.2) is 48.5 Å². The number of rotatable bonds is 4. The maximum Gasteiger partial charge on any atom is 0.247 e. The van der Waals surface area contributed by atoms with Gasteiger partial charge in [-0.25, -0.2) is 0 Å². The van der Waals surface area contributed by atoms with Crippen LogP contribution in [0.1, 0.15) is 31.7 Å². The van der Waals surface area contributed by atoms with E-state index in [9.17, 15) is 9.59 Å². The zero-order valence-electron chi connectivity index (χ0n) is 16.4. The number of carbonyl (C=O) groups excluding carboxylic acids is 2. The van der Waals surface area contributed by atoms with Crippen LogP contribution in [0.2, 0.25) is 0 Å². The Hall–Kier alpha value is -2.82. The van der Waals surface area contributed by atoms with E-state index in [0.717, 1.165) is 37.3 Å². The lowest BCUT2D eigenvalue weighted by molar-refractivity contribution is -0.121. The van der Waals surface area contributed by atoms with Crippen LogP contribution in [-0.2, 0) is 16.0 Å². The Balaban J connectivity index is 1.51. The first-order valence-corrected chi connectivity index (χ1v) is 10.1. The number of fused-ring (bicyclic) bond motifs is 1. The molecule has 0 N–H and O–H groups in total. The number of anilines is 3. The van der Waals surface area contributed by atoms with Crippen molar-refractivity contribution in [2.45, 2.75) is 32.6 Å². The Bertz CT molecular complexity index is 856. The standard InChI is InChI=1S/C23H27N3O2/c1-18(27)26(21-12-10-20(11-13-21)24-14-4-5-15-24)17-23(28)25-16-6-8-19-7-2-3-9-22(19)25/h2-3,7,9-13H,4-6,8,14-17H2,1H3. The summed E-state index contributed by atoms with van der Waals surface area (Å²) in [5.74, 6) is -0.154. The summed E-state index contributed by atoms with van der Waals surface area (Å²) >= 11 is 0. The summed E-state index contributed by atoms with van der Waals surface area (Å²) in [6, 6.07) is 16.1. The molecule has 0 bridgehead atoms. The molecule has 146 valence electrons. The number of aryl methyl sites for hydroxylation is 1. The van der Waals surface area contributed by atoms with Crippen molar-refractivity contribution in [1.82, 2.24) is 0 Å². The van der Waals surface area contributed by atoms with E-state index < -0.39 is 0 Å². The molecule has 5 nitrogen and oxygen atoms in total. The molecule has 1 fully saturated rings. The van der Waals surface area contributed by atoms with E-state index in [4.69, 9.17) is 0 Å². The van der Waals surface area contributed by atoms with Gasteiger partial charge in [0.2, 0.25) is 11.8 Å². The lowest BCUT2D eigenvalue weighted by Crippen LogP contribution is -2.44. The van der Waals surface area contributed by atoms with E-state index >= 15 is 0 Å². The first kappa shape index (κ1) is 18.5. The molecule has 2 amide bonds. The highest BCUT2D eigenvalue weighted by Crippen LogP contribution is 2.28. The van der Waals surface area contributed by atoms with Crippen LogP contribution < -0.4 is 14.7 Å². The van der Waals surface area contributed by atoms with Crippen molar-refractivity contribution < 1.29 is 9.59 Å². The second-order valence-electron chi connectivity index (χ2n) is 7.59. The highest BCUT2D eigenvalue weighted by Gasteiger charge is 2.25. The minimum atomic E-state index is -0.118. The van der Waals surface area contributed by atoms with Crippen molar-refractivity contribution >= 4 is 28.9 Å². The third kappa shape index (κ3) is 3.75. The van der Waals surface area contributed by atoms with E-state index in [1.807, 2.05) is 35.2 Å². The smallest absolute Gasteiger partial charge is 0.247 e. The van der Waals surface area contributed by atoms with Gasteiger partial charge in [-0.05, 0) is 61.6 Å². The van der Waals surface area contributed by atoms with E-state index in [-0.39, 0.29) is 18.4 Å². The average Bonchev–Trinajstić information content (AvgIpc) is 3.26. The van der Waals surface area contributed by atoms with Gasteiger partial charge in [0.15, 0.2) is 0 Å². The Morgan fingerprint density at radius 2 is 1.64 bits per heavy atom. The van der Waals surface area contributed by atoms with Crippen molar-refractivity contribution in [2.75, 3.05) is 40.9 Å². The van der Waals surface area contributed by atoms with Crippen molar-refractivity contribution in [3.05, 3.63) is 54.1 Å². The molecule has 28 heavy (non-hydrogen) atoms. The molecule has 0 radical (unpaired) electrons. The Labute approximate surface area is 166 Å². The number of hydrogen-bond acceptors (Lipinski definition) is 3. The molecule has 5 heteroatoms. The van der Waals surface area contributed by atoms with Gasteiger partial charge >= 0.3 is 0 Å². The molecular formula is C23H27N3O2. The lowest BCUT2D eigenvalue weighted by Gasteiger charge is -2.31. The lowest BCUT2D eigenvalue weighted by atomic mass is 10.0. The van der Waals surface area contributed by atoms with Crippen LogP contribution >= 0.6 is 0 Å². The number of nitrogens with zero attached hydrogens (tertiary/aromatic N) is 3. The van der Waals surface area contributed by atoms with E-state index in [2.05, 4.69) is 23.1 Å². The second kappa shape index (κ2) is 8.05. The highest BCUT2D eigenvalue weighted by atomic mass is 16.2. The summed E-state index contributed by atoms with van der Waals surface area (Å²) in [6.07, 6.45) is 4.40. The second-order valence-corrected chi connectivity index (χ2v) is 7.59. The van der Waals surface area contributed by atoms with Gasteiger partial charge in [0.05, 0.1) is 0 Å². The zero-order valence-corrected chi connectivity index (χ0v) is 16.4. The van der Waals surface area contributed by atoms with Crippen LogP contribution in [-0.4, -0.2) is 38.0 Å². The molecule has 0 saturated carbocycles. The van der Waals surface area contributed by atoms with Crippen molar-refractivity contribution in [2.24, 2.45) is 0 Å². The quantitative estimate of drug-likeness (QED) is 0.817. The predicted octanol–water partition coefficient (Wildman–Crippen LogP) is 3.62. The van der Waals surface area contributed by atoms with Crippen LogP contribution in [0.5, 0.6) is 0 Å². The van der Waals surface area contributed by atoms with E-state index in [1.54, 1.807) is 4.90 Å². The number of amides is 2. The summed E-state index contributed by atoms with van der Waals surface area (Å²) in [7, 11) is 0. The number of benzene rings is 2. The van der Waals surface area contributed by atoms with Gasteiger partial charge in [-0.1, -0.05) is 18.2 Å². The summed E-state index contributed by atoms with van der Waals surface area (Å²) in [5.41, 5.74) is 4.13. The molecule has 2 heterocycles. The molecule has 2 aliphatic heterocycles. The van der Waals surface area contributed by atoms with Crippen LogP contribution in [0.25, 0.3) is 0 Å². The van der Waals surface area contributed by atoms with Crippen LogP contribution in [0.4, 0.5) is 17.1 Å². The van der Waals surface area contributed by atoms with Gasteiger partial charge in [0.25, 0.3) is 0 Å². The van der Waals surface area contributed by atoms with Crippen molar-refractivity contribution in [1.29, 1.82) is 0 Å². The minimum absolute atomic E-state index is 0.0361. The van der Waals surface area contributed by atoms with Crippen LogP contribution in [0, 0.1) is 0 Å². The van der Waals surface area contributed by atoms with Gasteiger partial charge in [-0.2, -0.15) is 0 Å². The topological polar surface area (TPSA) is 43.9 Å². The predicted molar refractivity (Wildman–Crippen MR) is 113 cm³/mol. The maximum atomic E-state index is 13.0. The monoisotopic (exact) mass is 377 g/mol. The molecule has 0 unspecified atom stereocenters. The summed E-state index contributed by atoms with van der Waals surface area (Å²) in [6.45, 7) is 4.46. The fourth-order valence-corrected chi connectivity index (χ4v) is 4.22. The molecule has 2 aromatic rings. The molecule has 2 aliphatic rings. The zero-order chi connectivity index (χ0) is 19.5. The fourth-order valence-electron chi connectivity index (χ4n) is 4.22. The van der Waals surface area contributed by atoms with Gasteiger partial charge in [0, 0.05) is 43.6 Å². The highest BCUT2D eigenvalue weighted by molar-refractivity contribution is 6.03. The Morgan fingerprint density at radius 3 is 2.36 bits per heavy atom. The molecule has 2 aromatic carbocycles. The normalized spacial score (nSPS) is 16.0. The first-order chi connectivity index (χ1) is 13.6. The molecule has 0 spiro atoms. The third-order valence-corrected chi connectivity index (χ3v) is 5.72. The SMILES string of the molecule is CC(=O)N(CC(=O)N1CCCc2ccccc21)c1ccc(N2CCCC2)cc1. The molecular weight excluding hydrogens is 350 g/mol. The number of para-hydroxylation sites is 1. The Morgan fingerprint density at radius 1 is 0.929 bits per heavy atom.